The highest BCUT2D eigenvalue weighted by molar-refractivity contribution is 6.08. The van der Waals surface area contributed by atoms with E-state index in [0.717, 1.165) is 54.2 Å². The maximum Gasteiger partial charge on any atom is 0.172 e. The van der Waals surface area contributed by atoms with E-state index < -0.39 is 0 Å². The lowest BCUT2D eigenvalue weighted by Crippen LogP contribution is -1.99. The Morgan fingerprint density at radius 2 is 1.44 bits per heavy atom. The molecule has 0 spiro atoms. The summed E-state index contributed by atoms with van der Waals surface area (Å²) >= 11 is 0. The van der Waals surface area contributed by atoms with Gasteiger partial charge >= 0.3 is 0 Å². The zero-order valence-corrected chi connectivity index (χ0v) is 15.0. The fraction of sp³-hybridized carbons (Fsp3) is 0.364. The molecule has 0 amide bonds. The zero-order valence-electron chi connectivity index (χ0n) is 15.0. The van der Waals surface area contributed by atoms with Gasteiger partial charge in [-0.05, 0) is 53.3 Å². The second-order valence-electron chi connectivity index (χ2n) is 6.33. The van der Waals surface area contributed by atoms with Crippen LogP contribution in [0, 0.1) is 5.82 Å². The zero-order chi connectivity index (χ0) is 17.6. The lowest BCUT2D eigenvalue weighted by atomic mass is 10.0. The molecule has 3 heteroatoms. The molecular formula is C22H25FO2. The summed E-state index contributed by atoms with van der Waals surface area (Å²) in [7, 11) is 0. The first-order valence-electron chi connectivity index (χ1n) is 9.15. The summed E-state index contributed by atoms with van der Waals surface area (Å²) in [5, 5.41) is 3.58. The molecule has 0 aliphatic heterocycles. The Hall–Kier alpha value is -2.29. The average Bonchev–Trinajstić information content (AvgIpc) is 2.63. The highest BCUT2D eigenvalue weighted by atomic mass is 19.1. The first-order chi connectivity index (χ1) is 12.2. The van der Waals surface area contributed by atoms with Gasteiger partial charge in [0.1, 0.15) is 5.75 Å². The van der Waals surface area contributed by atoms with Crippen LogP contribution in [-0.4, -0.2) is 13.2 Å². The van der Waals surface area contributed by atoms with Gasteiger partial charge in [-0.25, -0.2) is 4.39 Å². The van der Waals surface area contributed by atoms with Crippen molar-refractivity contribution in [3.05, 3.63) is 48.3 Å². The summed E-state index contributed by atoms with van der Waals surface area (Å²) in [4.78, 5) is 0. The molecule has 0 aliphatic rings. The van der Waals surface area contributed by atoms with Crippen LogP contribution < -0.4 is 9.47 Å². The van der Waals surface area contributed by atoms with E-state index >= 15 is 0 Å². The third-order valence-corrected chi connectivity index (χ3v) is 4.41. The minimum Gasteiger partial charge on any atom is -0.494 e. The van der Waals surface area contributed by atoms with Crippen LogP contribution >= 0.6 is 0 Å². The van der Waals surface area contributed by atoms with Crippen molar-refractivity contribution in [3.8, 4) is 11.5 Å². The van der Waals surface area contributed by atoms with Gasteiger partial charge in [0.15, 0.2) is 11.6 Å². The molecule has 0 atom stereocenters. The van der Waals surface area contributed by atoms with Crippen LogP contribution in [0.25, 0.3) is 21.5 Å². The van der Waals surface area contributed by atoms with Crippen LogP contribution in [-0.2, 0) is 0 Å². The number of fused-ring (bicyclic) bond motifs is 3. The lowest BCUT2D eigenvalue weighted by molar-refractivity contribution is 0.295. The Kier molecular flexibility index (Phi) is 5.75. The average molecular weight is 340 g/mol. The van der Waals surface area contributed by atoms with E-state index in [1.807, 2.05) is 36.4 Å². The smallest absolute Gasteiger partial charge is 0.172 e. The van der Waals surface area contributed by atoms with Crippen molar-refractivity contribution in [2.75, 3.05) is 13.2 Å². The molecule has 2 nitrogen and oxygen atoms in total. The van der Waals surface area contributed by atoms with Gasteiger partial charge < -0.3 is 9.47 Å². The molecule has 0 unspecified atom stereocenters. The van der Waals surface area contributed by atoms with Crippen LogP contribution in [0.15, 0.2) is 42.5 Å². The van der Waals surface area contributed by atoms with Gasteiger partial charge in [-0.2, -0.15) is 0 Å². The molecule has 0 aliphatic carbocycles. The van der Waals surface area contributed by atoms with Crippen LogP contribution in [0.5, 0.6) is 11.5 Å². The van der Waals surface area contributed by atoms with E-state index in [1.54, 1.807) is 6.07 Å². The van der Waals surface area contributed by atoms with Crippen molar-refractivity contribution in [2.24, 2.45) is 0 Å². The second kappa shape index (κ2) is 8.19. The predicted octanol–water partition coefficient (Wildman–Crippen LogP) is 6.49. The molecule has 0 saturated heterocycles. The maximum absolute atomic E-state index is 14.8. The SMILES string of the molecule is CCCCOc1ccc2c(ccc3c(F)c(OCCCC)ccc32)c1. The number of rotatable bonds is 8. The number of unbranched alkanes of at least 4 members (excludes halogenated alkanes) is 2. The Labute approximate surface area is 148 Å². The third kappa shape index (κ3) is 3.87. The van der Waals surface area contributed by atoms with Crippen molar-refractivity contribution < 1.29 is 13.9 Å². The summed E-state index contributed by atoms with van der Waals surface area (Å²) in [6.45, 7) is 5.50. The number of hydrogen-bond donors (Lipinski definition) is 0. The van der Waals surface area contributed by atoms with Gasteiger partial charge in [-0.3, -0.25) is 0 Å². The molecule has 25 heavy (non-hydrogen) atoms. The Bertz CT molecular complexity index is 857. The van der Waals surface area contributed by atoms with E-state index in [2.05, 4.69) is 13.8 Å². The molecule has 0 fully saturated rings. The minimum absolute atomic E-state index is 0.279. The van der Waals surface area contributed by atoms with E-state index in [9.17, 15) is 4.39 Å². The molecule has 0 N–H and O–H groups in total. The van der Waals surface area contributed by atoms with E-state index in [1.165, 1.54) is 0 Å². The second-order valence-corrected chi connectivity index (χ2v) is 6.33. The molecule has 3 aromatic rings. The highest BCUT2D eigenvalue weighted by Gasteiger charge is 2.11. The van der Waals surface area contributed by atoms with Gasteiger partial charge in [0, 0.05) is 5.39 Å². The molecular weight excluding hydrogens is 315 g/mol. The van der Waals surface area contributed by atoms with Crippen LogP contribution in [0.4, 0.5) is 4.39 Å². The van der Waals surface area contributed by atoms with Crippen LogP contribution in [0.2, 0.25) is 0 Å². The molecule has 132 valence electrons. The van der Waals surface area contributed by atoms with E-state index in [4.69, 9.17) is 9.47 Å². The van der Waals surface area contributed by atoms with Crippen LogP contribution in [0.3, 0.4) is 0 Å². The fourth-order valence-corrected chi connectivity index (χ4v) is 2.93. The van der Waals surface area contributed by atoms with E-state index in [0.29, 0.717) is 17.7 Å². The maximum atomic E-state index is 14.8. The first-order valence-corrected chi connectivity index (χ1v) is 9.15. The molecule has 0 radical (unpaired) electrons. The molecule has 3 rings (SSSR count). The fourth-order valence-electron chi connectivity index (χ4n) is 2.93. The van der Waals surface area contributed by atoms with Gasteiger partial charge in [0.2, 0.25) is 0 Å². The van der Waals surface area contributed by atoms with Gasteiger partial charge in [0.05, 0.1) is 13.2 Å². The lowest BCUT2D eigenvalue weighted by Gasteiger charge is -2.11. The van der Waals surface area contributed by atoms with Gasteiger partial charge in [0.25, 0.3) is 0 Å². The molecule has 0 aromatic heterocycles. The molecule has 0 saturated carbocycles. The molecule has 0 heterocycles. The van der Waals surface area contributed by atoms with Crippen molar-refractivity contribution >= 4 is 21.5 Å². The van der Waals surface area contributed by atoms with Gasteiger partial charge in [-0.15, -0.1) is 0 Å². The third-order valence-electron chi connectivity index (χ3n) is 4.41. The number of benzene rings is 3. The highest BCUT2D eigenvalue weighted by Crippen LogP contribution is 2.33. The summed E-state index contributed by atoms with van der Waals surface area (Å²) in [5.41, 5.74) is 0. The Balaban J connectivity index is 1.93. The Morgan fingerprint density at radius 1 is 0.760 bits per heavy atom. The number of ether oxygens (including phenoxy) is 2. The number of hydrogen-bond acceptors (Lipinski definition) is 2. The van der Waals surface area contributed by atoms with Crippen molar-refractivity contribution in [3.63, 3.8) is 0 Å². The van der Waals surface area contributed by atoms with E-state index in [-0.39, 0.29) is 5.82 Å². The normalized spacial score (nSPS) is 11.2. The summed E-state index contributed by atoms with van der Waals surface area (Å²) in [6, 6.07) is 13.4. The Morgan fingerprint density at radius 3 is 2.20 bits per heavy atom. The first kappa shape index (κ1) is 17.5. The van der Waals surface area contributed by atoms with Crippen molar-refractivity contribution in [2.45, 2.75) is 39.5 Å². The summed E-state index contributed by atoms with van der Waals surface area (Å²) in [6.07, 6.45) is 4.11. The minimum atomic E-state index is -0.279. The summed E-state index contributed by atoms with van der Waals surface area (Å²) in [5.74, 6) is 0.916. The monoisotopic (exact) mass is 340 g/mol. The quantitative estimate of drug-likeness (QED) is 0.345. The van der Waals surface area contributed by atoms with Crippen molar-refractivity contribution in [1.29, 1.82) is 0 Å². The molecule has 0 bridgehead atoms. The van der Waals surface area contributed by atoms with Gasteiger partial charge in [-0.1, -0.05) is 44.9 Å². The molecule has 3 aromatic carbocycles. The largest absolute Gasteiger partial charge is 0.494 e. The predicted molar refractivity (Wildman–Crippen MR) is 102 cm³/mol. The summed E-state index contributed by atoms with van der Waals surface area (Å²) < 4.78 is 26.1. The van der Waals surface area contributed by atoms with Crippen molar-refractivity contribution in [1.82, 2.24) is 0 Å². The van der Waals surface area contributed by atoms with Crippen LogP contribution in [0.1, 0.15) is 39.5 Å². The standard InChI is InChI=1S/C22H25FO2/c1-3-5-13-24-17-8-10-18-16(15-17)7-9-20-19(18)11-12-21(22(20)23)25-14-6-4-2/h7-12,15H,3-6,13-14H2,1-2H3. The topological polar surface area (TPSA) is 18.5 Å². The number of halogens is 1.